The molecule has 0 radical (unpaired) electrons. The first-order valence-electron chi connectivity index (χ1n) is 11.4. The largest absolute Gasteiger partial charge is 0.497 e. The lowest BCUT2D eigenvalue weighted by molar-refractivity contribution is -0.117. The van der Waals surface area contributed by atoms with Gasteiger partial charge in [-0.1, -0.05) is 26.0 Å². The van der Waals surface area contributed by atoms with E-state index in [0.29, 0.717) is 41.7 Å². The molecule has 0 atom stereocenters. The molecule has 0 fully saturated rings. The number of nitrogens with zero attached hydrogens (tertiary/aromatic N) is 1. The van der Waals surface area contributed by atoms with Gasteiger partial charge < -0.3 is 34.5 Å². The van der Waals surface area contributed by atoms with E-state index >= 15 is 0 Å². The Balaban J connectivity index is 2.35. The van der Waals surface area contributed by atoms with E-state index in [1.165, 1.54) is 33.5 Å². The first-order valence-corrected chi connectivity index (χ1v) is 11.4. The minimum atomic E-state index is -0.503. The first kappa shape index (κ1) is 27.5. The molecular weight excluding hydrogens is 450 g/mol. The molecule has 35 heavy (non-hydrogen) atoms. The van der Waals surface area contributed by atoms with Gasteiger partial charge in [0.15, 0.2) is 11.5 Å². The van der Waals surface area contributed by atoms with Crippen LogP contribution in [0.3, 0.4) is 0 Å². The van der Waals surface area contributed by atoms with Crippen LogP contribution in [-0.2, 0) is 4.79 Å². The number of likely N-dealkylation sites (N-methyl/N-ethyl adjacent to an activating group) is 1. The van der Waals surface area contributed by atoms with Crippen molar-refractivity contribution in [2.24, 2.45) is 0 Å². The van der Waals surface area contributed by atoms with Gasteiger partial charge in [0.1, 0.15) is 11.4 Å². The Kier molecular flexibility index (Phi) is 10.9. The fourth-order valence-electron chi connectivity index (χ4n) is 3.43. The maximum Gasteiger partial charge on any atom is 0.267 e. The lowest BCUT2D eigenvalue weighted by Crippen LogP contribution is -2.39. The molecule has 0 aliphatic heterocycles. The number of nitrogens with one attached hydrogen (secondary N) is 2. The molecule has 0 spiro atoms. The van der Waals surface area contributed by atoms with Crippen molar-refractivity contribution in [3.63, 3.8) is 0 Å². The molecule has 2 N–H and O–H groups in total. The predicted octanol–water partition coefficient (Wildman–Crippen LogP) is 2.95. The molecule has 0 unspecified atom stereocenters. The quantitative estimate of drug-likeness (QED) is 0.421. The fraction of sp³-hybridized carbons (Fsp3) is 0.385. The van der Waals surface area contributed by atoms with Gasteiger partial charge in [0.2, 0.25) is 5.75 Å². The van der Waals surface area contributed by atoms with Crippen molar-refractivity contribution in [3.05, 3.63) is 53.2 Å². The third kappa shape index (κ3) is 7.65. The summed E-state index contributed by atoms with van der Waals surface area (Å²) in [6, 6.07) is 10.2. The second-order valence-corrected chi connectivity index (χ2v) is 7.49. The minimum absolute atomic E-state index is 0.0940. The van der Waals surface area contributed by atoms with E-state index in [1.54, 1.807) is 25.3 Å². The van der Waals surface area contributed by atoms with Crippen molar-refractivity contribution in [2.75, 3.05) is 54.6 Å². The van der Waals surface area contributed by atoms with Gasteiger partial charge in [-0.2, -0.15) is 0 Å². The van der Waals surface area contributed by atoms with Crippen LogP contribution in [0.1, 0.15) is 29.8 Å². The second-order valence-electron chi connectivity index (χ2n) is 7.49. The number of rotatable bonds is 13. The van der Waals surface area contributed by atoms with Crippen molar-refractivity contribution in [1.82, 2.24) is 15.5 Å². The average Bonchev–Trinajstić information content (AvgIpc) is 2.89. The first-order chi connectivity index (χ1) is 16.9. The molecule has 2 amide bonds. The van der Waals surface area contributed by atoms with Gasteiger partial charge >= 0.3 is 0 Å². The van der Waals surface area contributed by atoms with Crippen LogP contribution in [0.25, 0.3) is 6.08 Å². The number of methoxy groups -OCH3 is 4. The molecule has 9 heteroatoms. The maximum atomic E-state index is 13.2. The summed E-state index contributed by atoms with van der Waals surface area (Å²) >= 11 is 0. The van der Waals surface area contributed by atoms with E-state index in [0.717, 1.165) is 13.1 Å². The standard InChI is InChI=1S/C26H35N3O6/c1-7-29(8-2)13-12-27-26(31)21(15-18-10-9-11-20(14-18)32-3)28-25(30)19-16-22(33-4)24(35-6)23(17-19)34-5/h9-11,14-17H,7-8,12-13H2,1-6H3,(H,27,31)(H,28,30)/b21-15-. The van der Waals surface area contributed by atoms with Gasteiger partial charge in [0.25, 0.3) is 11.8 Å². The lowest BCUT2D eigenvalue weighted by atomic mass is 10.1. The summed E-state index contributed by atoms with van der Waals surface area (Å²) in [5, 5.41) is 5.62. The number of benzene rings is 2. The molecule has 2 aromatic rings. The number of ether oxygens (including phenoxy) is 4. The average molecular weight is 486 g/mol. The van der Waals surface area contributed by atoms with Crippen molar-refractivity contribution in [3.8, 4) is 23.0 Å². The second kappa shape index (κ2) is 13.9. The van der Waals surface area contributed by atoms with Gasteiger partial charge in [-0.15, -0.1) is 0 Å². The van der Waals surface area contributed by atoms with Crippen molar-refractivity contribution < 1.29 is 28.5 Å². The van der Waals surface area contributed by atoms with E-state index in [4.69, 9.17) is 18.9 Å². The van der Waals surface area contributed by atoms with Crippen molar-refractivity contribution in [2.45, 2.75) is 13.8 Å². The summed E-state index contributed by atoms with van der Waals surface area (Å²) in [6.07, 6.45) is 1.60. The Bertz CT molecular complexity index is 1010. The van der Waals surface area contributed by atoms with E-state index in [1.807, 2.05) is 12.1 Å². The summed E-state index contributed by atoms with van der Waals surface area (Å²) < 4.78 is 21.3. The molecule has 0 bridgehead atoms. The number of amides is 2. The third-order valence-electron chi connectivity index (χ3n) is 5.43. The molecule has 0 saturated heterocycles. The van der Waals surface area contributed by atoms with Crippen LogP contribution in [0, 0.1) is 0 Å². The minimum Gasteiger partial charge on any atom is -0.497 e. The summed E-state index contributed by atoms with van der Waals surface area (Å²) in [7, 11) is 5.99. The molecule has 0 saturated carbocycles. The van der Waals surface area contributed by atoms with Crippen LogP contribution >= 0.6 is 0 Å². The van der Waals surface area contributed by atoms with E-state index in [9.17, 15) is 9.59 Å². The highest BCUT2D eigenvalue weighted by Crippen LogP contribution is 2.38. The van der Waals surface area contributed by atoms with Gasteiger partial charge in [0.05, 0.1) is 28.4 Å². The van der Waals surface area contributed by atoms with E-state index in [-0.39, 0.29) is 11.3 Å². The van der Waals surface area contributed by atoms with Gasteiger partial charge in [-0.3, -0.25) is 9.59 Å². The highest BCUT2D eigenvalue weighted by atomic mass is 16.5. The summed E-state index contributed by atoms with van der Waals surface area (Å²) in [5.41, 5.74) is 1.03. The smallest absolute Gasteiger partial charge is 0.267 e. The Morgan fingerprint density at radius 3 is 2.11 bits per heavy atom. The summed E-state index contributed by atoms with van der Waals surface area (Å²) in [5.74, 6) is 0.764. The zero-order valence-corrected chi connectivity index (χ0v) is 21.3. The summed E-state index contributed by atoms with van der Waals surface area (Å²) in [4.78, 5) is 28.4. The van der Waals surface area contributed by atoms with Crippen molar-refractivity contribution in [1.29, 1.82) is 0 Å². The molecule has 0 aliphatic rings. The number of hydrogen-bond acceptors (Lipinski definition) is 7. The van der Waals surface area contributed by atoms with Crippen LogP contribution < -0.4 is 29.6 Å². The number of carbonyl (C=O) groups excluding carboxylic acids is 2. The fourth-order valence-corrected chi connectivity index (χ4v) is 3.43. The topological polar surface area (TPSA) is 98.4 Å². The normalized spacial score (nSPS) is 11.1. The summed E-state index contributed by atoms with van der Waals surface area (Å²) in [6.45, 7) is 7.05. The van der Waals surface area contributed by atoms with E-state index in [2.05, 4.69) is 29.4 Å². The Morgan fingerprint density at radius 2 is 1.57 bits per heavy atom. The van der Waals surface area contributed by atoms with Gasteiger partial charge in [-0.25, -0.2) is 0 Å². The predicted molar refractivity (Wildman–Crippen MR) is 135 cm³/mol. The maximum absolute atomic E-state index is 13.2. The molecule has 9 nitrogen and oxygen atoms in total. The van der Waals surface area contributed by atoms with Crippen LogP contribution in [0.2, 0.25) is 0 Å². The van der Waals surface area contributed by atoms with Crippen LogP contribution in [-0.4, -0.2) is 71.3 Å². The monoisotopic (exact) mass is 485 g/mol. The molecule has 2 aromatic carbocycles. The highest BCUT2D eigenvalue weighted by Gasteiger charge is 2.20. The van der Waals surface area contributed by atoms with Gasteiger partial charge in [-0.05, 0) is 49.0 Å². The molecular formula is C26H35N3O6. The lowest BCUT2D eigenvalue weighted by Gasteiger charge is -2.19. The Morgan fingerprint density at radius 1 is 0.914 bits per heavy atom. The van der Waals surface area contributed by atoms with Crippen LogP contribution in [0.5, 0.6) is 23.0 Å². The van der Waals surface area contributed by atoms with Crippen molar-refractivity contribution >= 4 is 17.9 Å². The van der Waals surface area contributed by atoms with Crippen LogP contribution in [0.4, 0.5) is 0 Å². The number of carbonyl (C=O) groups is 2. The molecule has 0 aliphatic carbocycles. The Labute approximate surface area is 207 Å². The van der Waals surface area contributed by atoms with E-state index < -0.39 is 11.8 Å². The SMILES string of the molecule is CCN(CC)CCNC(=O)/C(=C/c1cccc(OC)c1)NC(=O)c1cc(OC)c(OC)c(OC)c1. The molecule has 2 rings (SSSR count). The zero-order valence-electron chi connectivity index (χ0n) is 21.3. The third-order valence-corrected chi connectivity index (χ3v) is 5.43. The number of hydrogen-bond donors (Lipinski definition) is 2. The van der Waals surface area contributed by atoms with Gasteiger partial charge in [0, 0.05) is 18.7 Å². The Hall–Kier alpha value is -3.72. The molecule has 0 aromatic heterocycles. The van der Waals surface area contributed by atoms with Crippen LogP contribution in [0.15, 0.2) is 42.1 Å². The molecule has 190 valence electrons. The molecule has 0 heterocycles. The highest BCUT2D eigenvalue weighted by molar-refractivity contribution is 6.05. The zero-order chi connectivity index (χ0) is 25.8.